The van der Waals surface area contributed by atoms with Gasteiger partial charge in [-0.3, -0.25) is 0 Å². The van der Waals surface area contributed by atoms with Crippen molar-refractivity contribution in [2.45, 2.75) is 0 Å². The number of alkyl halides is 1. The molecule has 0 saturated heterocycles. The van der Waals surface area contributed by atoms with Crippen molar-refractivity contribution in [3.8, 4) is 0 Å². The van der Waals surface area contributed by atoms with Crippen LogP contribution in [0.15, 0.2) is 24.3 Å². The van der Waals surface area contributed by atoms with Gasteiger partial charge in [-0.05, 0) is 12.1 Å². The number of hydrogen-bond acceptors (Lipinski definition) is 3. The second kappa shape index (κ2) is 4.72. The Labute approximate surface area is 81.7 Å². The van der Waals surface area contributed by atoms with Gasteiger partial charge in [0.15, 0.2) is 0 Å². The third-order valence-electron chi connectivity index (χ3n) is 1.59. The lowest BCUT2D eigenvalue weighted by molar-refractivity contribution is 0.0602. The van der Waals surface area contributed by atoms with Crippen LogP contribution in [0.2, 0.25) is 0 Å². The molecule has 0 aromatic heterocycles. The summed E-state index contributed by atoms with van der Waals surface area (Å²) in [6.45, 7) is 0. The molecule has 0 aliphatic rings. The highest BCUT2D eigenvalue weighted by molar-refractivity contribution is 6.19. The first-order chi connectivity index (χ1) is 6.29. The van der Waals surface area contributed by atoms with Crippen LogP contribution in [0, 0.1) is 0 Å². The smallest absolute Gasteiger partial charge is 0.339 e. The molecule has 3 nitrogen and oxygen atoms in total. The van der Waals surface area contributed by atoms with Gasteiger partial charge in [0.25, 0.3) is 0 Å². The zero-order valence-electron chi connectivity index (χ0n) is 7.21. The molecular weight excluding hydrogens is 190 g/mol. The van der Waals surface area contributed by atoms with Gasteiger partial charge in [-0.25, -0.2) is 4.79 Å². The molecule has 0 amide bonds. The first-order valence-electron chi connectivity index (χ1n) is 3.76. The van der Waals surface area contributed by atoms with E-state index in [-0.39, 0.29) is 12.0 Å². The zero-order valence-corrected chi connectivity index (χ0v) is 7.97. The number of anilines is 1. The first-order valence-corrected chi connectivity index (χ1v) is 4.30. The maximum absolute atomic E-state index is 11.2. The lowest BCUT2D eigenvalue weighted by atomic mass is 10.2. The van der Waals surface area contributed by atoms with Crippen molar-refractivity contribution in [3.63, 3.8) is 0 Å². The number of nitrogens with one attached hydrogen (secondary N) is 1. The lowest BCUT2D eigenvalue weighted by Gasteiger charge is -2.07. The maximum atomic E-state index is 11.2. The van der Waals surface area contributed by atoms with Gasteiger partial charge in [-0.2, -0.15) is 0 Å². The Kier molecular flexibility index (Phi) is 3.58. The molecule has 0 unspecified atom stereocenters. The van der Waals surface area contributed by atoms with Crippen LogP contribution in [-0.2, 0) is 4.74 Å². The Hall–Kier alpha value is -1.22. The molecule has 1 rings (SSSR count). The fraction of sp³-hybridized carbons (Fsp3) is 0.222. The minimum absolute atomic E-state index is 0.258. The molecule has 1 aromatic carbocycles. The number of carbonyl (C=O) groups excluding carboxylic acids is 1. The van der Waals surface area contributed by atoms with Crippen LogP contribution in [-0.4, -0.2) is 19.1 Å². The van der Waals surface area contributed by atoms with Crippen molar-refractivity contribution >= 4 is 23.3 Å². The van der Waals surface area contributed by atoms with Crippen LogP contribution in [0.1, 0.15) is 10.4 Å². The van der Waals surface area contributed by atoms with E-state index in [1.165, 1.54) is 7.11 Å². The average molecular weight is 200 g/mol. The van der Waals surface area contributed by atoms with Crippen LogP contribution < -0.4 is 5.32 Å². The second-order valence-corrected chi connectivity index (χ2v) is 2.61. The lowest BCUT2D eigenvalue weighted by Crippen LogP contribution is -2.06. The molecule has 1 N–H and O–H groups in total. The number of ether oxygens (including phenoxy) is 1. The van der Waals surface area contributed by atoms with Crippen LogP contribution in [0.4, 0.5) is 5.69 Å². The van der Waals surface area contributed by atoms with E-state index in [2.05, 4.69) is 10.1 Å². The number of hydrogen-bond donors (Lipinski definition) is 1. The number of esters is 1. The summed E-state index contributed by atoms with van der Waals surface area (Å²) < 4.78 is 4.60. The van der Waals surface area contributed by atoms with E-state index in [0.29, 0.717) is 11.3 Å². The molecule has 0 radical (unpaired) electrons. The Morgan fingerprint density at radius 1 is 1.54 bits per heavy atom. The van der Waals surface area contributed by atoms with Crippen molar-refractivity contribution in [1.82, 2.24) is 0 Å². The van der Waals surface area contributed by atoms with Crippen LogP contribution >= 0.6 is 11.6 Å². The summed E-state index contributed by atoms with van der Waals surface area (Å²) in [6.07, 6.45) is 0. The van der Waals surface area contributed by atoms with Gasteiger partial charge >= 0.3 is 5.97 Å². The van der Waals surface area contributed by atoms with Crippen molar-refractivity contribution in [3.05, 3.63) is 29.8 Å². The predicted octanol–water partition coefficient (Wildman–Crippen LogP) is 2.08. The fourth-order valence-corrected chi connectivity index (χ4v) is 1.14. The average Bonchev–Trinajstić information content (AvgIpc) is 2.18. The highest BCUT2D eigenvalue weighted by Crippen LogP contribution is 2.15. The Balaban J connectivity index is 2.97. The molecule has 0 fully saturated rings. The quantitative estimate of drug-likeness (QED) is 0.460. The van der Waals surface area contributed by atoms with Gasteiger partial charge < -0.3 is 10.1 Å². The molecule has 1 aromatic rings. The summed E-state index contributed by atoms with van der Waals surface area (Å²) >= 11 is 5.49. The fourth-order valence-electron chi connectivity index (χ4n) is 0.997. The molecular formula is C9H10ClNO2. The van der Waals surface area contributed by atoms with Crippen LogP contribution in [0.3, 0.4) is 0 Å². The van der Waals surface area contributed by atoms with Gasteiger partial charge in [-0.1, -0.05) is 12.1 Å². The topological polar surface area (TPSA) is 38.3 Å². The van der Waals surface area contributed by atoms with E-state index >= 15 is 0 Å². The van der Waals surface area contributed by atoms with Gasteiger partial charge in [-0.15, -0.1) is 11.6 Å². The highest BCUT2D eigenvalue weighted by atomic mass is 35.5. The molecule has 0 spiro atoms. The number of rotatable bonds is 3. The van der Waals surface area contributed by atoms with Crippen molar-refractivity contribution < 1.29 is 9.53 Å². The summed E-state index contributed by atoms with van der Waals surface area (Å²) in [5.74, 6) is -0.367. The third-order valence-corrected chi connectivity index (χ3v) is 1.72. The minimum atomic E-state index is -0.367. The van der Waals surface area contributed by atoms with Gasteiger partial charge in [0.1, 0.15) is 0 Å². The molecule has 0 aliphatic carbocycles. The standard InChI is InChI=1S/C9H10ClNO2/c1-13-9(12)7-4-2-3-5-8(7)11-6-10/h2-5,11H,6H2,1H3. The molecule has 0 saturated carbocycles. The third kappa shape index (κ3) is 2.36. The van der Waals surface area contributed by atoms with Gasteiger partial charge in [0.2, 0.25) is 0 Å². The SMILES string of the molecule is COC(=O)c1ccccc1NCCl. The van der Waals surface area contributed by atoms with E-state index in [0.717, 1.165) is 0 Å². The first kappa shape index (κ1) is 9.86. The van der Waals surface area contributed by atoms with E-state index in [1.807, 2.05) is 6.07 Å². The van der Waals surface area contributed by atoms with Crippen LogP contribution in [0.25, 0.3) is 0 Å². The summed E-state index contributed by atoms with van der Waals surface area (Å²) in [4.78, 5) is 11.2. The Bertz CT molecular complexity index is 301. The summed E-state index contributed by atoms with van der Waals surface area (Å²) in [6, 6.07) is 7.30. The summed E-state index contributed by atoms with van der Waals surface area (Å²) in [7, 11) is 1.35. The monoisotopic (exact) mass is 199 g/mol. The minimum Gasteiger partial charge on any atom is -0.465 e. The second-order valence-electron chi connectivity index (χ2n) is 2.35. The Morgan fingerprint density at radius 3 is 2.85 bits per heavy atom. The normalized spacial score (nSPS) is 9.38. The largest absolute Gasteiger partial charge is 0.465 e. The Morgan fingerprint density at radius 2 is 2.23 bits per heavy atom. The molecule has 0 bridgehead atoms. The van der Waals surface area contributed by atoms with Gasteiger partial charge in [0, 0.05) is 5.69 Å². The number of para-hydroxylation sites is 1. The van der Waals surface area contributed by atoms with E-state index in [4.69, 9.17) is 11.6 Å². The van der Waals surface area contributed by atoms with Crippen LogP contribution in [0.5, 0.6) is 0 Å². The summed E-state index contributed by atoms with van der Waals surface area (Å²) in [5.41, 5.74) is 1.18. The number of carbonyl (C=O) groups is 1. The van der Waals surface area contributed by atoms with E-state index in [1.54, 1.807) is 18.2 Å². The van der Waals surface area contributed by atoms with E-state index < -0.39 is 0 Å². The predicted molar refractivity (Wildman–Crippen MR) is 52.1 cm³/mol. The van der Waals surface area contributed by atoms with Gasteiger partial charge in [0.05, 0.1) is 18.7 Å². The van der Waals surface area contributed by atoms with Crippen molar-refractivity contribution in [1.29, 1.82) is 0 Å². The molecule has 0 heterocycles. The maximum Gasteiger partial charge on any atom is 0.339 e. The molecule has 13 heavy (non-hydrogen) atoms. The molecule has 70 valence electrons. The summed E-state index contributed by atoms with van der Waals surface area (Å²) in [5, 5.41) is 2.86. The zero-order chi connectivity index (χ0) is 9.68. The van der Waals surface area contributed by atoms with Crippen molar-refractivity contribution in [2.75, 3.05) is 18.4 Å². The molecule has 4 heteroatoms. The van der Waals surface area contributed by atoms with Crippen molar-refractivity contribution in [2.24, 2.45) is 0 Å². The highest BCUT2D eigenvalue weighted by Gasteiger charge is 2.09. The molecule has 0 aliphatic heterocycles. The number of benzene rings is 1. The number of methoxy groups -OCH3 is 1. The molecule has 0 atom stereocenters. The van der Waals surface area contributed by atoms with E-state index in [9.17, 15) is 4.79 Å². The number of halogens is 1.